The van der Waals surface area contributed by atoms with E-state index in [0.717, 1.165) is 11.3 Å². The molecule has 0 unspecified atom stereocenters. The van der Waals surface area contributed by atoms with Gasteiger partial charge in [0.25, 0.3) is 0 Å². The third kappa shape index (κ3) is 7.12. The van der Waals surface area contributed by atoms with Crippen LogP contribution in [0.3, 0.4) is 0 Å². The van der Waals surface area contributed by atoms with Crippen LogP contribution in [0, 0.1) is 0 Å². The first-order chi connectivity index (χ1) is 16.2. The Labute approximate surface area is 205 Å². The van der Waals surface area contributed by atoms with E-state index in [2.05, 4.69) is 9.84 Å². The molecule has 188 valence electrons. The third-order valence-electron chi connectivity index (χ3n) is 5.12. The summed E-state index contributed by atoms with van der Waals surface area (Å²) >= 11 is 6.30. The Kier molecular flexibility index (Phi) is 7.66. The maximum Gasteiger partial charge on any atom is 0.573 e. The average molecular weight is 512 g/mol. The van der Waals surface area contributed by atoms with Gasteiger partial charge in [0, 0.05) is 25.7 Å². The molecule has 0 amide bonds. The van der Waals surface area contributed by atoms with Gasteiger partial charge in [0.1, 0.15) is 11.5 Å². The minimum atomic E-state index is -4.74. The molecule has 2 aromatic carbocycles. The second-order valence-corrected chi connectivity index (χ2v) is 8.98. The molecule has 0 aliphatic carbocycles. The summed E-state index contributed by atoms with van der Waals surface area (Å²) < 4.78 is 48.2. The molecule has 7 nitrogen and oxygen atoms in total. The van der Waals surface area contributed by atoms with E-state index < -0.39 is 17.9 Å². The molecule has 1 heterocycles. The van der Waals surface area contributed by atoms with Gasteiger partial charge in [-0.25, -0.2) is 4.79 Å². The number of hydrogen-bond acceptors (Lipinski definition) is 5. The van der Waals surface area contributed by atoms with Gasteiger partial charge in [0.05, 0.1) is 16.4 Å². The Bertz CT molecular complexity index is 1190. The highest BCUT2D eigenvalue weighted by molar-refractivity contribution is 6.32. The normalized spacial score (nSPS) is 12.1. The summed E-state index contributed by atoms with van der Waals surface area (Å²) in [6, 6.07) is 12.6. The van der Waals surface area contributed by atoms with Gasteiger partial charge in [-0.1, -0.05) is 17.7 Å². The minimum Gasteiger partial charge on any atom is -0.478 e. The Morgan fingerprint density at radius 2 is 1.74 bits per heavy atom. The van der Waals surface area contributed by atoms with Crippen molar-refractivity contribution in [3.05, 3.63) is 64.8 Å². The van der Waals surface area contributed by atoms with E-state index in [0.29, 0.717) is 29.4 Å². The molecule has 0 atom stereocenters. The molecule has 1 aromatic heterocycles. The summed E-state index contributed by atoms with van der Waals surface area (Å²) in [5.74, 6) is -1.11. The molecule has 1 N–H and O–H groups in total. The summed E-state index contributed by atoms with van der Waals surface area (Å²) in [5, 5.41) is 14.0. The van der Waals surface area contributed by atoms with Crippen molar-refractivity contribution < 1.29 is 32.5 Å². The van der Waals surface area contributed by atoms with Crippen molar-refractivity contribution in [2.75, 3.05) is 7.05 Å². The number of hydrogen-bond donors (Lipinski definition) is 1. The van der Waals surface area contributed by atoms with Gasteiger partial charge in [-0.15, -0.1) is 13.2 Å². The van der Waals surface area contributed by atoms with Gasteiger partial charge in [-0.05, 0) is 68.9 Å². The summed E-state index contributed by atoms with van der Waals surface area (Å²) in [6.07, 6.45) is -4.74. The zero-order valence-electron chi connectivity index (χ0n) is 19.6. The molecule has 0 bridgehead atoms. The van der Waals surface area contributed by atoms with Crippen molar-refractivity contribution in [2.24, 2.45) is 7.05 Å². The van der Waals surface area contributed by atoms with Crippen molar-refractivity contribution in [3.8, 4) is 22.8 Å². The minimum absolute atomic E-state index is 0.286. The maximum atomic E-state index is 12.4. The monoisotopic (exact) mass is 511 g/mol. The number of aliphatic carboxylic acids is 1. The van der Waals surface area contributed by atoms with E-state index in [4.69, 9.17) is 16.3 Å². The van der Waals surface area contributed by atoms with Gasteiger partial charge >= 0.3 is 12.3 Å². The lowest BCUT2D eigenvalue weighted by molar-refractivity contribution is -0.274. The number of alkyl halides is 3. The fraction of sp³-hybridized carbons (Fsp3) is 0.333. The van der Waals surface area contributed by atoms with Crippen LogP contribution in [-0.2, 0) is 24.9 Å². The highest BCUT2D eigenvalue weighted by Crippen LogP contribution is 2.30. The van der Waals surface area contributed by atoms with Crippen molar-refractivity contribution in [1.82, 2.24) is 14.7 Å². The van der Waals surface area contributed by atoms with Gasteiger partial charge < -0.3 is 14.6 Å². The number of carboxylic acid groups (broad SMARTS) is 1. The lowest BCUT2D eigenvalue weighted by Gasteiger charge is -2.23. The molecular formula is C24H25ClF3N3O4. The Hall–Kier alpha value is -3.24. The van der Waals surface area contributed by atoms with Crippen LogP contribution in [0.15, 0.2) is 48.5 Å². The van der Waals surface area contributed by atoms with E-state index in [1.54, 1.807) is 23.9 Å². The van der Waals surface area contributed by atoms with Crippen LogP contribution in [0.5, 0.6) is 11.5 Å². The van der Waals surface area contributed by atoms with Crippen LogP contribution >= 0.6 is 11.6 Å². The van der Waals surface area contributed by atoms with Crippen molar-refractivity contribution in [1.29, 1.82) is 0 Å². The fourth-order valence-electron chi connectivity index (χ4n) is 3.31. The smallest absolute Gasteiger partial charge is 0.478 e. The van der Waals surface area contributed by atoms with Gasteiger partial charge in [0.2, 0.25) is 0 Å². The van der Waals surface area contributed by atoms with E-state index >= 15 is 0 Å². The van der Waals surface area contributed by atoms with Crippen LogP contribution in [0.1, 0.15) is 25.1 Å². The van der Waals surface area contributed by atoms with E-state index in [1.807, 2.05) is 24.1 Å². The third-order valence-corrected chi connectivity index (χ3v) is 5.42. The fourth-order valence-corrected chi connectivity index (χ4v) is 3.55. The van der Waals surface area contributed by atoms with E-state index in [-0.39, 0.29) is 11.5 Å². The van der Waals surface area contributed by atoms with Crippen LogP contribution < -0.4 is 9.47 Å². The number of carbonyl (C=O) groups is 1. The van der Waals surface area contributed by atoms with Gasteiger partial charge in [-0.3, -0.25) is 9.58 Å². The van der Waals surface area contributed by atoms with Crippen molar-refractivity contribution in [2.45, 2.75) is 38.9 Å². The highest BCUT2D eigenvalue weighted by atomic mass is 35.5. The topological polar surface area (TPSA) is 76.8 Å². The molecule has 0 fully saturated rings. The molecule has 0 aliphatic heterocycles. The van der Waals surface area contributed by atoms with E-state index in [9.17, 15) is 23.1 Å². The average Bonchev–Trinajstić information content (AvgIpc) is 3.09. The zero-order chi connectivity index (χ0) is 26.0. The summed E-state index contributed by atoms with van der Waals surface area (Å²) in [7, 11) is 3.71. The number of aryl methyl sites for hydroxylation is 1. The molecule has 11 heteroatoms. The second-order valence-electron chi connectivity index (χ2n) is 8.57. The predicted molar refractivity (Wildman–Crippen MR) is 124 cm³/mol. The molecule has 0 aliphatic rings. The Balaban J connectivity index is 1.65. The maximum absolute atomic E-state index is 12.4. The van der Waals surface area contributed by atoms with Gasteiger partial charge in [0.15, 0.2) is 5.60 Å². The largest absolute Gasteiger partial charge is 0.573 e. The molecule has 0 radical (unpaired) electrons. The Morgan fingerprint density at radius 1 is 1.09 bits per heavy atom. The number of aromatic nitrogens is 2. The van der Waals surface area contributed by atoms with Crippen LogP contribution in [0.25, 0.3) is 11.3 Å². The Morgan fingerprint density at radius 3 is 2.31 bits per heavy atom. The number of benzene rings is 2. The first kappa shape index (κ1) is 26.4. The lowest BCUT2D eigenvalue weighted by Crippen LogP contribution is -2.37. The summed E-state index contributed by atoms with van der Waals surface area (Å²) in [6.45, 7) is 3.98. The molecule has 0 saturated carbocycles. The van der Waals surface area contributed by atoms with Crippen LogP contribution in [0.2, 0.25) is 5.02 Å². The molecular weight excluding hydrogens is 487 g/mol. The van der Waals surface area contributed by atoms with E-state index in [1.165, 1.54) is 38.1 Å². The highest BCUT2D eigenvalue weighted by Gasteiger charge is 2.31. The molecule has 0 saturated heterocycles. The second kappa shape index (κ2) is 10.2. The first-order valence-electron chi connectivity index (χ1n) is 10.5. The van der Waals surface area contributed by atoms with Crippen LogP contribution in [0.4, 0.5) is 13.2 Å². The summed E-state index contributed by atoms with van der Waals surface area (Å²) in [5.41, 5.74) is 1.67. The predicted octanol–water partition coefficient (Wildman–Crippen LogP) is 5.51. The first-order valence-corrected chi connectivity index (χ1v) is 10.9. The number of ether oxygens (including phenoxy) is 2. The van der Waals surface area contributed by atoms with Gasteiger partial charge in [-0.2, -0.15) is 5.10 Å². The number of rotatable bonds is 9. The molecule has 0 spiro atoms. The summed E-state index contributed by atoms with van der Waals surface area (Å²) in [4.78, 5) is 13.3. The van der Waals surface area contributed by atoms with Crippen molar-refractivity contribution >= 4 is 17.6 Å². The lowest BCUT2D eigenvalue weighted by atomic mass is 10.1. The molecule has 35 heavy (non-hydrogen) atoms. The quantitative estimate of drug-likeness (QED) is 0.408. The van der Waals surface area contributed by atoms with Crippen molar-refractivity contribution in [3.63, 3.8) is 0 Å². The zero-order valence-corrected chi connectivity index (χ0v) is 20.3. The van der Waals surface area contributed by atoms with Crippen LogP contribution in [-0.4, -0.2) is 44.8 Å². The standard InChI is InChI=1S/C24H25ClF3N3O4/c1-23(2,22(32)33)35-21-10-5-15(11-19(21)25)13-30(3)14-17-12-20(29-31(17)4)16-6-8-18(9-7-16)34-24(26,27)28/h5-12H,13-14H2,1-4H3,(H,32,33). The molecule has 3 aromatic rings. The SMILES string of the molecule is CN(Cc1ccc(OC(C)(C)C(=O)O)c(Cl)c1)Cc1cc(-c2ccc(OC(F)(F)F)cc2)nn1C. The number of nitrogens with zero attached hydrogens (tertiary/aromatic N) is 3. The number of carboxylic acids is 1. The molecule has 3 rings (SSSR count). The number of halogens is 4.